The van der Waals surface area contributed by atoms with Gasteiger partial charge in [0.25, 0.3) is 5.91 Å². The Bertz CT molecular complexity index is 1110. The van der Waals surface area contributed by atoms with E-state index in [2.05, 4.69) is 21.5 Å². The van der Waals surface area contributed by atoms with Crippen molar-refractivity contribution in [3.63, 3.8) is 0 Å². The molecule has 0 bridgehead atoms. The number of para-hydroxylation sites is 1. The summed E-state index contributed by atoms with van der Waals surface area (Å²) in [5.74, 6) is 4.80. The van der Waals surface area contributed by atoms with Crippen LogP contribution in [0.2, 0.25) is 0 Å². The summed E-state index contributed by atoms with van der Waals surface area (Å²) in [6.07, 6.45) is 4.77. The van der Waals surface area contributed by atoms with Gasteiger partial charge in [-0.15, -0.1) is 0 Å². The summed E-state index contributed by atoms with van der Waals surface area (Å²) in [6, 6.07) is 17.7. The van der Waals surface area contributed by atoms with Crippen LogP contribution in [0.4, 0.5) is 0 Å². The topological polar surface area (TPSA) is 85.3 Å². The largest absolute Gasteiger partial charge is 0.322 e. The molecule has 1 amide bonds. The van der Waals surface area contributed by atoms with Crippen molar-refractivity contribution < 1.29 is 4.79 Å². The molecule has 0 unspecified atom stereocenters. The number of amides is 1. The number of benzene rings is 2. The van der Waals surface area contributed by atoms with Crippen LogP contribution < -0.4 is 11.2 Å². The predicted molar refractivity (Wildman–Crippen MR) is 98.7 cm³/mol. The fraction of sp³-hybridized carbons (Fsp3) is 0. The second-order valence-electron chi connectivity index (χ2n) is 5.56. The van der Waals surface area contributed by atoms with Crippen molar-refractivity contribution in [2.75, 3.05) is 0 Å². The number of carbonyl (C=O) groups excluding carboxylic acids is 1. The highest BCUT2D eigenvalue weighted by Crippen LogP contribution is 2.26. The Hall–Kier alpha value is -3.67. The summed E-state index contributed by atoms with van der Waals surface area (Å²) < 4.78 is 2.00. The SMILES string of the molecule is N/N=C/NC(=O)c1cn(-c2ccc3ncccc3c2)c2ccccc12. The second-order valence-corrected chi connectivity index (χ2v) is 5.56. The minimum Gasteiger partial charge on any atom is -0.322 e. The van der Waals surface area contributed by atoms with Crippen molar-refractivity contribution in [2.24, 2.45) is 10.9 Å². The second kappa shape index (κ2) is 6.09. The molecule has 0 atom stereocenters. The summed E-state index contributed by atoms with van der Waals surface area (Å²) in [6.45, 7) is 0. The van der Waals surface area contributed by atoms with Crippen molar-refractivity contribution in [3.8, 4) is 5.69 Å². The Labute approximate surface area is 143 Å². The van der Waals surface area contributed by atoms with Gasteiger partial charge in [0.1, 0.15) is 6.34 Å². The monoisotopic (exact) mass is 329 g/mol. The lowest BCUT2D eigenvalue weighted by Gasteiger charge is -2.06. The van der Waals surface area contributed by atoms with E-state index >= 15 is 0 Å². The molecule has 0 aliphatic rings. The van der Waals surface area contributed by atoms with E-state index in [1.807, 2.05) is 59.3 Å². The van der Waals surface area contributed by atoms with Gasteiger partial charge >= 0.3 is 0 Å². The Morgan fingerprint density at radius 3 is 2.92 bits per heavy atom. The maximum absolute atomic E-state index is 12.4. The third-order valence-electron chi connectivity index (χ3n) is 4.09. The number of aromatic nitrogens is 2. The number of nitrogens with one attached hydrogen (secondary N) is 1. The van der Waals surface area contributed by atoms with Gasteiger partial charge in [0.05, 0.1) is 16.6 Å². The lowest BCUT2D eigenvalue weighted by atomic mass is 10.1. The molecule has 0 fully saturated rings. The number of hydrazone groups is 1. The first-order valence-electron chi connectivity index (χ1n) is 7.76. The molecule has 2 aromatic heterocycles. The number of carbonyl (C=O) groups is 1. The van der Waals surface area contributed by atoms with Crippen LogP contribution in [0.15, 0.2) is 72.1 Å². The van der Waals surface area contributed by atoms with Crippen LogP contribution in [0.5, 0.6) is 0 Å². The smallest absolute Gasteiger partial charge is 0.258 e. The Morgan fingerprint density at radius 1 is 1.16 bits per heavy atom. The van der Waals surface area contributed by atoms with Gasteiger partial charge in [0.2, 0.25) is 0 Å². The number of pyridine rings is 1. The van der Waals surface area contributed by atoms with Gasteiger partial charge < -0.3 is 15.7 Å². The summed E-state index contributed by atoms with van der Waals surface area (Å²) in [5.41, 5.74) is 3.39. The summed E-state index contributed by atoms with van der Waals surface area (Å²) in [5, 5.41) is 7.76. The van der Waals surface area contributed by atoms with Crippen molar-refractivity contribution in [1.82, 2.24) is 14.9 Å². The molecule has 3 N–H and O–H groups in total. The molecule has 0 radical (unpaired) electrons. The fourth-order valence-electron chi connectivity index (χ4n) is 2.96. The molecule has 2 aromatic carbocycles. The normalized spacial score (nSPS) is 11.4. The molecule has 0 aliphatic carbocycles. The number of fused-ring (bicyclic) bond motifs is 2. The molecule has 2 heterocycles. The zero-order valence-corrected chi connectivity index (χ0v) is 13.3. The van der Waals surface area contributed by atoms with Crippen LogP contribution in [0.25, 0.3) is 27.5 Å². The lowest BCUT2D eigenvalue weighted by molar-refractivity contribution is 0.0980. The van der Waals surface area contributed by atoms with Gasteiger partial charge in [-0.2, -0.15) is 5.10 Å². The number of rotatable bonds is 3. The molecule has 0 aliphatic heterocycles. The first kappa shape index (κ1) is 14.9. The van der Waals surface area contributed by atoms with E-state index in [0.717, 1.165) is 27.5 Å². The Balaban J connectivity index is 1.90. The molecular formula is C19H15N5O. The molecule has 122 valence electrons. The van der Waals surface area contributed by atoms with Gasteiger partial charge in [-0.1, -0.05) is 24.3 Å². The highest BCUT2D eigenvalue weighted by molar-refractivity contribution is 6.10. The van der Waals surface area contributed by atoms with E-state index < -0.39 is 0 Å². The predicted octanol–water partition coefficient (Wildman–Crippen LogP) is 2.81. The quantitative estimate of drug-likeness (QED) is 0.262. The molecule has 0 saturated heterocycles. The highest BCUT2D eigenvalue weighted by Gasteiger charge is 2.15. The minimum absolute atomic E-state index is 0.258. The maximum atomic E-state index is 12.4. The van der Waals surface area contributed by atoms with Gasteiger partial charge in [-0.25, -0.2) is 0 Å². The van der Waals surface area contributed by atoms with Gasteiger partial charge in [0.15, 0.2) is 0 Å². The highest BCUT2D eigenvalue weighted by atomic mass is 16.1. The molecule has 4 rings (SSSR count). The third-order valence-corrected chi connectivity index (χ3v) is 4.09. The number of nitrogens with two attached hydrogens (primary N) is 1. The molecule has 25 heavy (non-hydrogen) atoms. The zero-order valence-electron chi connectivity index (χ0n) is 13.3. The van der Waals surface area contributed by atoms with E-state index in [1.54, 1.807) is 6.20 Å². The standard InChI is InChI=1S/C19H15N5O/c20-23-12-22-19(25)16-11-24(18-6-2-1-5-15(16)18)14-7-8-17-13(10-14)4-3-9-21-17/h1-12H,20H2,(H,22,23,25). The summed E-state index contributed by atoms with van der Waals surface area (Å²) >= 11 is 0. The van der Waals surface area contributed by atoms with E-state index in [0.29, 0.717) is 5.56 Å². The van der Waals surface area contributed by atoms with Gasteiger partial charge in [-0.05, 0) is 30.3 Å². The average Bonchev–Trinajstić information content (AvgIpc) is 3.05. The fourth-order valence-corrected chi connectivity index (χ4v) is 2.96. The molecule has 4 aromatic rings. The van der Waals surface area contributed by atoms with Crippen LogP contribution in [-0.2, 0) is 0 Å². The van der Waals surface area contributed by atoms with E-state index in [-0.39, 0.29) is 5.91 Å². The minimum atomic E-state index is -0.258. The molecule has 0 spiro atoms. The number of nitrogens with zero attached hydrogens (tertiary/aromatic N) is 3. The molecule has 0 saturated carbocycles. The van der Waals surface area contributed by atoms with Crippen LogP contribution in [-0.4, -0.2) is 21.8 Å². The van der Waals surface area contributed by atoms with Gasteiger partial charge in [-0.3, -0.25) is 9.78 Å². The summed E-state index contributed by atoms with van der Waals surface area (Å²) in [7, 11) is 0. The first-order valence-corrected chi connectivity index (χ1v) is 7.76. The van der Waals surface area contributed by atoms with Crippen molar-refractivity contribution >= 4 is 34.1 Å². The van der Waals surface area contributed by atoms with E-state index in [1.165, 1.54) is 6.34 Å². The van der Waals surface area contributed by atoms with E-state index in [9.17, 15) is 4.79 Å². The summed E-state index contributed by atoms with van der Waals surface area (Å²) in [4.78, 5) is 16.7. The lowest BCUT2D eigenvalue weighted by Crippen LogP contribution is -2.21. The number of hydrogen-bond acceptors (Lipinski definition) is 4. The van der Waals surface area contributed by atoms with Crippen molar-refractivity contribution in [2.45, 2.75) is 0 Å². The van der Waals surface area contributed by atoms with Crippen LogP contribution >= 0.6 is 0 Å². The van der Waals surface area contributed by atoms with Crippen molar-refractivity contribution in [1.29, 1.82) is 0 Å². The Morgan fingerprint density at radius 2 is 2.04 bits per heavy atom. The number of hydrogen-bond donors (Lipinski definition) is 2. The van der Waals surface area contributed by atoms with Crippen LogP contribution in [0, 0.1) is 0 Å². The third kappa shape index (κ3) is 2.59. The Kier molecular flexibility index (Phi) is 3.63. The van der Waals surface area contributed by atoms with Gasteiger partial charge in [0, 0.05) is 28.9 Å². The zero-order chi connectivity index (χ0) is 17.2. The molecule has 6 nitrogen and oxygen atoms in total. The average molecular weight is 329 g/mol. The first-order chi connectivity index (χ1) is 12.3. The van der Waals surface area contributed by atoms with Crippen LogP contribution in [0.3, 0.4) is 0 Å². The molecule has 6 heteroatoms. The van der Waals surface area contributed by atoms with E-state index in [4.69, 9.17) is 5.84 Å². The van der Waals surface area contributed by atoms with Crippen LogP contribution in [0.1, 0.15) is 10.4 Å². The molecular weight excluding hydrogens is 314 g/mol. The van der Waals surface area contributed by atoms with Crippen molar-refractivity contribution in [3.05, 3.63) is 72.6 Å². The maximum Gasteiger partial charge on any atom is 0.258 e.